The van der Waals surface area contributed by atoms with E-state index < -0.39 is 42.8 Å². The maximum Gasteiger partial charge on any atom is 0.401 e. The van der Waals surface area contributed by atoms with Gasteiger partial charge in [-0.15, -0.1) is 0 Å². The number of carbonyl (C=O) groups is 1. The Bertz CT molecular complexity index is 490. The van der Waals surface area contributed by atoms with Crippen molar-refractivity contribution in [3.63, 3.8) is 0 Å². The lowest BCUT2D eigenvalue weighted by Gasteiger charge is -2.29. The van der Waals surface area contributed by atoms with E-state index in [-0.39, 0.29) is 5.56 Å². The number of alkyl halides is 3. The molecule has 1 aromatic carbocycles. The molecule has 20 heavy (non-hydrogen) atoms. The molecule has 1 aromatic rings. The number of benzene rings is 1. The quantitative estimate of drug-likeness (QED) is 0.820. The molecule has 0 aromatic heterocycles. The summed E-state index contributed by atoms with van der Waals surface area (Å²) < 4.78 is 50.2. The highest BCUT2D eigenvalue weighted by Gasteiger charge is 2.34. The van der Waals surface area contributed by atoms with Gasteiger partial charge in [-0.1, -0.05) is 6.07 Å². The van der Waals surface area contributed by atoms with E-state index in [2.05, 4.69) is 0 Å². The minimum Gasteiger partial charge on any atom is -0.508 e. The third-order valence-corrected chi connectivity index (χ3v) is 2.71. The van der Waals surface area contributed by atoms with Gasteiger partial charge in [0.2, 0.25) is 0 Å². The Balaban J connectivity index is 3.02. The standard InChI is InChI=1S/C12H13F4NO3/c1-7(9-3-2-8(13)4-10(9)18)17(5-11(19)20)6-12(14,15)16/h2-4,7,18H,5-6H2,1H3,(H,19,20). The average Bonchev–Trinajstić information content (AvgIpc) is 2.24. The maximum absolute atomic E-state index is 12.8. The van der Waals surface area contributed by atoms with Gasteiger partial charge < -0.3 is 10.2 Å². The SMILES string of the molecule is CC(c1ccc(F)cc1O)N(CC(=O)O)CC(F)(F)F. The Morgan fingerprint density at radius 1 is 1.40 bits per heavy atom. The molecule has 0 aliphatic heterocycles. The van der Waals surface area contributed by atoms with Crippen molar-refractivity contribution in [3.05, 3.63) is 29.6 Å². The molecule has 0 amide bonds. The van der Waals surface area contributed by atoms with Gasteiger partial charge in [-0.2, -0.15) is 13.2 Å². The minimum atomic E-state index is -4.58. The zero-order valence-electron chi connectivity index (χ0n) is 10.5. The van der Waals surface area contributed by atoms with Gasteiger partial charge >= 0.3 is 12.1 Å². The number of carboxylic acids is 1. The second kappa shape index (κ2) is 6.08. The normalized spacial score (nSPS) is 13.5. The average molecular weight is 295 g/mol. The molecule has 0 aliphatic rings. The zero-order chi connectivity index (χ0) is 15.5. The summed E-state index contributed by atoms with van der Waals surface area (Å²) in [7, 11) is 0. The molecule has 1 unspecified atom stereocenters. The molecule has 0 heterocycles. The number of aliphatic carboxylic acids is 1. The summed E-state index contributed by atoms with van der Waals surface area (Å²) in [6.07, 6.45) is -4.58. The maximum atomic E-state index is 12.8. The molecular formula is C12H13F4NO3. The number of hydrogen-bond acceptors (Lipinski definition) is 3. The summed E-state index contributed by atoms with van der Waals surface area (Å²) in [4.78, 5) is 11.3. The fourth-order valence-electron chi connectivity index (χ4n) is 1.80. The van der Waals surface area contributed by atoms with Gasteiger partial charge in [-0.05, 0) is 13.0 Å². The van der Waals surface area contributed by atoms with Crippen LogP contribution >= 0.6 is 0 Å². The van der Waals surface area contributed by atoms with Crippen molar-refractivity contribution in [2.75, 3.05) is 13.1 Å². The van der Waals surface area contributed by atoms with E-state index in [4.69, 9.17) is 5.11 Å². The van der Waals surface area contributed by atoms with Crippen LogP contribution in [0.2, 0.25) is 0 Å². The molecule has 0 spiro atoms. The summed E-state index contributed by atoms with van der Waals surface area (Å²) in [5, 5.41) is 18.2. The number of hydrogen-bond donors (Lipinski definition) is 2. The van der Waals surface area contributed by atoms with Gasteiger partial charge in [-0.3, -0.25) is 9.69 Å². The van der Waals surface area contributed by atoms with E-state index in [0.717, 1.165) is 18.2 Å². The largest absolute Gasteiger partial charge is 0.508 e. The van der Waals surface area contributed by atoms with E-state index in [1.165, 1.54) is 6.92 Å². The predicted octanol–water partition coefficient (Wildman–Crippen LogP) is 2.54. The van der Waals surface area contributed by atoms with Crippen molar-refractivity contribution >= 4 is 5.97 Å². The van der Waals surface area contributed by atoms with Gasteiger partial charge in [0.05, 0.1) is 13.1 Å². The van der Waals surface area contributed by atoms with E-state index in [0.29, 0.717) is 4.90 Å². The van der Waals surface area contributed by atoms with Gasteiger partial charge in [-0.25, -0.2) is 4.39 Å². The number of nitrogens with zero attached hydrogens (tertiary/aromatic N) is 1. The summed E-state index contributed by atoms with van der Waals surface area (Å²) in [5.74, 6) is -2.68. The van der Waals surface area contributed by atoms with Crippen LogP contribution in [0.15, 0.2) is 18.2 Å². The molecule has 0 fully saturated rings. The molecule has 8 heteroatoms. The van der Waals surface area contributed by atoms with E-state index in [1.54, 1.807) is 0 Å². The van der Waals surface area contributed by atoms with Crippen LogP contribution in [0.5, 0.6) is 5.75 Å². The Morgan fingerprint density at radius 2 is 2.00 bits per heavy atom. The van der Waals surface area contributed by atoms with E-state index in [9.17, 15) is 27.5 Å². The third kappa shape index (κ3) is 4.69. The third-order valence-electron chi connectivity index (χ3n) is 2.71. The molecule has 1 rings (SSSR count). The number of phenols is 1. The number of rotatable bonds is 5. The summed E-state index contributed by atoms with van der Waals surface area (Å²) >= 11 is 0. The van der Waals surface area contributed by atoms with Crippen molar-refractivity contribution < 1.29 is 32.6 Å². The molecular weight excluding hydrogens is 282 g/mol. The molecule has 4 nitrogen and oxygen atoms in total. The Hall–Kier alpha value is -1.83. The predicted molar refractivity (Wildman–Crippen MR) is 61.7 cm³/mol. The fourth-order valence-corrected chi connectivity index (χ4v) is 1.80. The summed E-state index contributed by atoms with van der Waals surface area (Å²) in [6, 6.07) is 1.84. The minimum absolute atomic E-state index is 0.0249. The summed E-state index contributed by atoms with van der Waals surface area (Å²) in [5.41, 5.74) is 0.0249. The van der Waals surface area contributed by atoms with Crippen molar-refractivity contribution in [2.24, 2.45) is 0 Å². The van der Waals surface area contributed by atoms with Crippen LogP contribution in [0.1, 0.15) is 18.5 Å². The summed E-state index contributed by atoms with van der Waals surface area (Å²) in [6.45, 7) is -0.990. The molecule has 0 radical (unpaired) electrons. The molecule has 0 aliphatic carbocycles. The van der Waals surface area contributed by atoms with Gasteiger partial charge in [0.15, 0.2) is 0 Å². The van der Waals surface area contributed by atoms with Crippen LogP contribution in [-0.2, 0) is 4.79 Å². The topological polar surface area (TPSA) is 60.8 Å². The first-order chi connectivity index (χ1) is 9.10. The van der Waals surface area contributed by atoms with Crippen LogP contribution in [0.3, 0.4) is 0 Å². The van der Waals surface area contributed by atoms with Crippen molar-refractivity contribution in [3.8, 4) is 5.75 Å². The lowest BCUT2D eigenvalue weighted by molar-refractivity contribution is -0.158. The number of aromatic hydroxyl groups is 1. The van der Waals surface area contributed by atoms with Crippen LogP contribution < -0.4 is 0 Å². The highest BCUT2D eigenvalue weighted by molar-refractivity contribution is 5.69. The van der Waals surface area contributed by atoms with Crippen LogP contribution in [0.25, 0.3) is 0 Å². The Morgan fingerprint density at radius 3 is 2.45 bits per heavy atom. The van der Waals surface area contributed by atoms with Crippen LogP contribution in [0.4, 0.5) is 17.6 Å². The molecule has 0 saturated carbocycles. The molecule has 112 valence electrons. The molecule has 2 N–H and O–H groups in total. The van der Waals surface area contributed by atoms with Gasteiger partial charge in [0.1, 0.15) is 11.6 Å². The highest BCUT2D eigenvalue weighted by Crippen LogP contribution is 2.31. The fraction of sp³-hybridized carbons (Fsp3) is 0.417. The van der Waals surface area contributed by atoms with Crippen LogP contribution in [-0.4, -0.2) is 40.3 Å². The van der Waals surface area contributed by atoms with Crippen molar-refractivity contribution in [2.45, 2.75) is 19.1 Å². The molecule has 0 saturated heterocycles. The van der Waals surface area contributed by atoms with Crippen LogP contribution in [0, 0.1) is 5.82 Å². The van der Waals surface area contributed by atoms with Crippen molar-refractivity contribution in [1.82, 2.24) is 4.90 Å². The highest BCUT2D eigenvalue weighted by atomic mass is 19.4. The Kier molecular flexibility index (Phi) is 4.93. The molecule has 1 atom stereocenters. The second-order valence-electron chi connectivity index (χ2n) is 4.29. The second-order valence-corrected chi connectivity index (χ2v) is 4.29. The van der Waals surface area contributed by atoms with Gasteiger partial charge in [0, 0.05) is 17.7 Å². The number of halogens is 4. The van der Waals surface area contributed by atoms with E-state index in [1.807, 2.05) is 0 Å². The lowest BCUT2D eigenvalue weighted by Crippen LogP contribution is -2.39. The number of phenolic OH excluding ortho intramolecular Hbond substituents is 1. The number of carboxylic acid groups (broad SMARTS) is 1. The van der Waals surface area contributed by atoms with Crippen molar-refractivity contribution in [1.29, 1.82) is 0 Å². The lowest BCUT2D eigenvalue weighted by atomic mass is 10.1. The first kappa shape index (κ1) is 16.2. The van der Waals surface area contributed by atoms with Gasteiger partial charge in [0.25, 0.3) is 0 Å². The Labute approximate surface area is 112 Å². The van der Waals surface area contributed by atoms with E-state index >= 15 is 0 Å². The molecule has 0 bridgehead atoms. The smallest absolute Gasteiger partial charge is 0.401 e. The zero-order valence-corrected chi connectivity index (χ0v) is 10.5. The first-order valence-electron chi connectivity index (χ1n) is 5.61. The first-order valence-corrected chi connectivity index (χ1v) is 5.61. The monoisotopic (exact) mass is 295 g/mol.